The number of hydrogen-bond donors (Lipinski definition) is 2. The molecule has 0 unspecified atom stereocenters. The van der Waals surface area contributed by atoms with Crippen molar-refractivity contribution < 1.29 is 13.2 Å². The lowest BCUT2D eigenvalue weighted by Gasteiger charge is -2.32. The van der Waals surface area contributed by atoms with Crippen molar-refractivity contribution in [2.75, 3.05) is 18.5 Å². The second-order valence-electron chi connectivity index (χ2n) is 4.77. The number of hydrogen-bond acceptors (Lipinski definition) is 4. The summed E-state index contributed by atoms with van der Waals surface area (Å²) in [4.78, 5) is 6.18. The molecule has 0 aliphatic carbocycles. The molecule has 2 heterocycles. The number of rotatable bonds is 3. The van der Waals surface area contributed by atoms with E-state index >= 15 is 0 Å². The van der Waals surface area contributed by atoms with Gasteiger partial charge < -0.3 is 5.43 Å². The van der Waals surface area contributed by atoms with Crippen LogP contribution in [0.1, 0.15) is 18.5 Å². The predicted octanol–water partition coefficient (Wildman–Crippen LogP) is 2.14. The van der Waals surface area contributed by atoms with Crippen LogP contribution < -0.4 is 11.3 Å². The maximum Gasteiger partial charge on any atom is 0.391 e. The van der Waals surface area contributed by atoms with Gasteiger partial charge in [0.1, 0.15) is 0 Å². The zero-order valence-corrected chi connectivity index (χ0v) is 10.5. The molecule has 1 fully saturated rings. The van der Waals surface area contributed by atoms with Crippen LogP contribution in [0.2, 0.25) is 0 Å². The number of nitrogen functional groups attached to an aromatic ring is 1. The van der Waals surface area contributed by atoms with Crippen LogP contribution in [0.15, 0.2) is 18.3 Å². The van der Waals surface area contributed by atoms with Crippen molar-refractivity contribution in [2.24, 2.45) is 11.8 Å². The number of aromatic nitrogens is 1. The molecule has 1 aromatic heterocycles. The number of likely N-dealkylation sites (tertiary alicyclic amines) is 1. The summed E-state index contributed by atoms with van der Waals surface area (Å²) in [5.74, 6) is 4.14. The first-order valence-corrected chi connectivity index (χ1v) is 6.19. The summed E-state index contributed by atoms with van der Waals surface area (Å²) in [6, 6.07) is 3.54. The van der Waals surface area contributed by atoms with Crippen LogP contribution in [-0.2, 0) is 6.54 Å². The third-order valence-electron chi connectivity index (χ3n) is 3.42. The van der Waals surface area contributed by atoms with Gasteiger partial charge in [0, 0.05) is 12.7 Å². The van der Waals surface area contributed by atoms with Crippen molar-refractivity contribution in [1.82, 2.24) is 9.88 Å². The Kier molecular flexibility index (Phi) is 4.26. The first kappa shape index (κ1) is 14.1. The van der Waals surface area contributed by atoms with Gasteiger partial charge in [-0.05, 0) is 38.1 Å². The lowest BCUT2D eigenvalue weighted by Crippen LogP contribution is -2.38. The summed E-state index contributed by atoms with van der Waals surface area (Å²) >= 11 is 0. The maximum absolute atomic E-state index is 12.5. The zero-order valence-electron chi connectivity index (χ0n) is 10.5. The van der Waals surface area contributed by atoms with Gasteiger partial charge in [0.2, 0.25) is 0 Å². The molecule has 3 N–H and O–H groups in total. The first-order valence-electron chi connectivity index (χ1n) is 6.19. The number of hydrazine groups is 1. The molecule has 0 atom stereocenters. The molecule has 0 aromatic carbocycles. The molecule has 0 radical (unpaired) electrons. The maximum atomic E-state index is 12.5. The average molecular weight is 274 g/mol. The van der Waals surface area contributed by atoms with E-state index in [2.05, 4.69) is 10.4 Å². The van der Waals surface area contributed by atoms with E-state index in [1.165, 1.54) is 0 Å². The molecule has 7 heteroatoms. The van der Waals surface area contributed by atoms with Crippen molar-refractivity contribution in [1.29, 1.82) is 0 Å². The normalized spacial score (nSPS) is 18.5. The van der Waals surface area contributed by atoms with E-state index in [-0.39, 0.29) is 12.8 Å². The van der Waals surface area contributed by atoms with Gasteiger partial charge in [0.05, 0.1) is 17.3 Å². The van der Waals surface area contributed by atoms with Gasteiger partial charge in [-0.1, -0.05) is 0 Å². The van der Waals surface area contributed by atoms with Crippen LogP contribution in [0.5, 0.6) is 0 Å². The molecule has 1 aliphatic heterocycles. The molecule has 19 heavy (non-hydrogen) atoms. The van der Waals surface area contributed by atoms with Crippen molar-refractivity contribution >= 4 is 5.69 Å². The van der Waals surface area contributed by atoms with Gasteiger partial charge in [-0.15, -0.1) is 0 Å². The van der Waals surface area contributed by atoms with Crippen LogP contribution >= 0.6 is 0 Å². The molecule has 2 rings (SSSR count). The molecule has 106 valence electrons. The van der Waals surface area contributed by atoms with Crippen LogP contribution in [0.3, 0.4) is 0 Å². The SMILES string of the molecule is NNc1ccnc(CN2CCC(C(F)(F)F)CC2)c1. The minimum Gasteiger partial charge on any atom is -0.324 e. The van der Waals surface area contributed by atoms with Crippen LogP contribution in [0.25, 0.3) is 0 Å². The highest BCUT2D eigenvalue weighted by atomic mass is 19.4. The number of halogens is 3. The lowest BCUT2D eigenvalue weighted by atomic mass is 9.96. The van der Waals surface area contributed by atoms with Crippen LogP contribution in [-0.4, -0.2) is 29.1 Å². The average Bonchev–Trinajstić information content (AvgIpc) is 2.38. The molecule has 1 aromatic rings. The first-order chi connectivity index (χ1) is 8.99. The Morgan fingerprint density at radius 2 is 2.05 bits per heavy atom. The van der Waals surface area contributed by atoms with Crippen molar-refractivity contribution in [3.63, 3.8) is 0 Å². The number of nitrogens with two attached hydrogens (primary N) is 1. The molecule has 4 nitrogen and oxygen atoms in total. The molecule has 1 saturated heterocycles. The van der Waals surface area contributed by atoms with Gasteiger partial charge in [0.25, 0.3) is 0 Å². The molecule has 0 bridgehead atoms. The number of pyridine rings is 1. The minimum absolute atomic E-state index is 0.165. The summed E-state index contributed by atoms with van der Waals surface area (Å²) < 4.78 is 37.6. The number of nitrogens with one attached hydrogen (secondary N) is 1. The fourth-order valence-electron chi connectivity index (χ4n) is 2.30. The lowest BCUT2D eigenvalue weighted by molar-refractivity contribution is -0.185. The molecular formula is C12H17F3N4. The van der Waals surface area contributed by atoms with E-state index in [4.69, 9.17) is 5.84 Å². The summed E-state index contributed by atoms with van der Waals surface area (Å²) in [6.07, 6.45) is -2.10. The van der Waals surface area contributed by atoms with Crippen LogP contribution in [0, 0.1) is 5.92 Å². The minimum atomic E-state index is -4.06. The molecule has 0 amide bonds. The van der Waals surface area contributed by atoms with E-state index in [1.54, 1.807) is 18.3 Å². The highest BCUT2D eigenvalue weighted by Gasteiger charge is 2.40. The van der Waals surface area contributed by atoms with E-state index in [0.717, 1.165) is 11.4 Å². The van der Waals surface area contributed by atoms with Gasteiger partial charge in [-0.2, -0.15) is 13.2 Å². The predicted molar refractivity (Wildman–Crippen MR) is 66.1 cm³/mol. The molecular weight excluding hydrogens is 257 g/mol. The fourth-order valence-corrected chi connectivity index (χ4v) is 2.30. The monoisotopic (exact) mass is 274 g/mol. The molecule has 0 spiro atoms. The number of anilines is 1. The van der Waals surface area contributed by atoms with Gasteiger partial charge in [0.15, 0.2) is 0 Å². The Labute approximate surface area is 109 Å². The smallest absolute Gasteiger partial charge is 0.324 e. The van der Waals surface area contributed by atoms with E-state index in [9.17, 15) is 13.2 Å². The van der Waals surface area contributed by atoms with Crippen molar-refractivity contribution in [3.05, 3.63) is 24.0 Å². The van der Waals surface area contributed by atoms with Crippen LogP contribution in [0.4, 0.5) is 18.9 Å². The third kappa shape index (κ3) is 3.81. The quantitative estimate of drug-likeness (QED) is 0.655. The Morgan fingerprint density at radius 1 is 1.37 bits per heavy atom. The summed E-state index contributed by atoms with van der Waals surface area (Å²) in [5, 5.41) is 0. The number of alkyl halides is 3. The van der Waals surface area contributed by atoms with Crippen molar-refractivity contribution in [2.45, 2.75) is 25.6 Å². The highest BCUT2D eigenvalue weighted by molar-refractivity contribution is 5.41. The third-order valence-corrected chi connectivity index (χ3v) is 3.42. The number of nitrogens with zero attached hydrogens (tertiary/aromatic N) is 2. The molecule has 0 saturated carbocycles. The summed E-state index contributed by atoms with van der Waals surface area (Å²) in [7, 11) is 0. The van der Waals surface area contributed by atoms with Gasteiger partial charge in [-0.3, -0.25) is 15.7 Å². The van der Waals surface area contributed by atoms with Gasteiger partial charge in [-0.25, -0.2) is 0 Å². The largest absolute Gasteiger partial charge is 0.391 e. The second-order valence-corrected chi connectivity index (χ2v) is 4.77. The Hall–Kier alpha value is -1.34. The number of piperidine rings is 1. The molecule has 1 aliphatic rings. The van der Waals surface area contributed by atoms with E-state index in [0.29, 0.717) is 19.6 Å². The Morgan fingerprint density at radius 3 is 2.63 bits per heavy atom. The summed E-state index contributed by atoms with van der Waals surface area (Å²) in [6.45, 7) is 1.46. The van der Waals surface area contributed by atoms with E-state index < -0.39 is 12.1 Å². The summed E-state index contributed by atoms with van der Waals surface area (Å²) in [5.41, 5.74) is 4.08. The second kappa shape index (κ2) is 5.75. The Balaban J connectivity index is 1.88. The standard InChI is InChI=1S/C12H17F3N4/c13-12(14,15)9-2-5-19(6-3-9)8-11-7-10(18-16)1-4-17-11/h1,4,7,9H,2-3,5-6,8,16H2,(H,17,18). The van der Waals surface area contributed by atoms with Crippen molar-refractivity contribution in [3.8, 4) is 0 Å². The van der Waals surface area contributed by atoms with E-state index in [1.807, 2.05) is 4.90 Å². The topological polar surface area (TPSA) is 54.2 Å². The highest BCUT2D eigenvalue weighted by Crippen LogP contribution is 2.34. The fraction of sp³-hybridized carbons (Fsp3) is 0.583. The Bertz CT molecular complexity index is 414. The zero-order chi connectivity index (χ0) is 13.9. The van der Waals surface area contributed by atoms with Gasteiger partial charge >= 0.3 is 6.18 Å².